The number of halogens is 1. The number of hydrogen-bond donors (Lipinski definition) is 1. The first kappa shape index (κ1) is 12.5. The first-order valence-electron chi connectivity index (χ1n) is 4.90. The van der Waals surface area contributed by atoms with Gasteiger partial charge in [0, 0.05) is 18.0 Å². The van der Waals surface area contributed by atoms with E-state index in [1.54, 1.807) is 25.1 Å². The lowest BCUT2D eigenvalue weighted by molar-refractivity contribution is 0.321. The van der Waals surface area contributed by atoms with Gasteiger partial charge in [0.05, 0.1) is 6.61 Å². The summed E-state index contributed by atoms with van der Waals surface area (Å²) < 4.78 is 18.4. The lowest BCUT2D eigenvalue weighted by atomic mass is 10.3. The molecule has 1 aromatic carbocycles. The predicted molar refractivity (Wildman–Crippen MR) is 60.5 cm³/mol. The second-order valence-corrected chi connectivity index (χ2v) is 3.00. The largest absolute Gasteiger partial charge is 0.491 e. The lowest BCUT2D eigenvalue weighted by Gasteiger charge is -2.06. The van der Waals surface area contributed by atoms with E-state index in [1.807, 2.05) is 0 Å². The average Bonchev–Trinajstić information content (AvgIpc) is 2.34. The summed E-state index contributed by atoms with van der Waals surface area (Å²) in [5.74, 6) is -0.330. The molecule has 0 saturated heterocycles. The van der Waals surface area contributed by atoms with E-state index in [9.17, 15) is 4.39 Å². The molecule has 1 rings (SSSR count). The molecule has 0 spiro atoms. The molecule has 0 aliphatic rings. The number of allylic oxidation sites excluding steroid dienone is 1. The van der Waals surface area contributed by atoms with Crippen LogP contribution in [0.4, 0.5) is 10.1 Å². The molecule has 0 fully saturated rings. The molecule has 0 aromatic heterocycles. The first-order valence-corrected chi connectivity index (χ1v) is 4.90. The number of nitriles is 2. The van der Waals surface area contributed by atoms with Crippen LogP contribution in [0.15, 0.2) is 30.0 Å². The van der Waals surface area contributed by atoms with Crippen molar-refractivity contribution < 1.29 is 9.13 Å². The number of nitrogens with one attached hydrogen (secondary N) is 1. The van der Waals surface area contributed by atoms with Gasteiger partial charge < -0.3 is 10.1 Å². The van der Waals surface area contributed by atoms with Gasteiger partial charge in [-0.3, -0.25) is 0 Å². The maximum absolute atomic E-state index is 13.4. The molecule has 0 aliphatic carbocycles. The van der Waals surface area contributed by atoms with Gasteiger partial charge >= 0.3 is 0 Å². The van der Waals surface area contributed by atoms with Crippen LogP contribution < -0.4 is 10.1 Å². The van der Waals surface area contributed by atoms with E-state index in [1.165, 1.54) is 18.3 Å². The Labute approximate surface area is 98.5 Å². The summed E-state index contributed by atoms with van der Waals surface area (Å²) in [6.07, 6.45) is 1.22. The van der Waals surface area contributed by atoms with E-state index in [0.29, 0.717) is 12.3 Å². The van der Waals surface area contributed by atoms with Gasteiger partial charge in [0.1, 0.15) is 17.7 Å². The van der Waals surface area contributed by atoms with Crippen LogP contribution in [0.25, 0.3) is 0 Å². The van der Waals surface area contributed by atoms with Gasteiger partial charge in [-0.2, -0.15) is 10.5 Å². The number of anilines is 1. The highest BCUT2D eigenvalue weighted by atomic mass is 19.1. The summed E-state index contributed by atoms with van der Waals surface area (Å²) in [5, 5.41) is 19.6. The second kappa shape index (κ2) is 6.14. The summed E-state index contributed by atoms with van der Waals surface area (Å²) in [7, 11) is 0. The molecule has 1 aromatic rings. The van der Waals surface area contributed by atoms with Crippen LogP contribution in [0.3, 0.4) is 0 Å². The minimum Gasteiger partial charge on any atom is -0.491 e. The van der Waals surface area contributed by atoms with Crippen LogP contribution in [0.5, 0.6) is 5.75 Å². The smallest absolute Gasteiger partial charge is 0.167 e. The van der Waals surface area contributed by atoms with E-state index >= 15 is 0 Å². The summed E-state index contributed by atoms with van der Waals surface area (Å²) in [6.45, 7) is 2.15. The second-order valence-electron chi connectivity index (χ2n) is 3.00. The molecule has 17 heavy (non-hydrogen) atoms. The molecule has 0 atom stereocenters. The van der Waals surface area contributed by atoms with Crippen molar-refractivity contribution in [2.24, 2.45) is 0 Å². The zero-order chi connectivity index (χ0) is 12.7. The summed E-state index contributed by atoms with van der Waals surface area (Å²) in [4.78, 5) is 0. The molecule has 4 nitrogen and oxygen atoms in total. The Kier molecular flexibility index (Phi) is 4.53. The van der Waals surface area contributed by atoms with Crippen molar-refractivity contribution in [3.8, 4) is 17.9 Å². The Bertz CT molecular complexity index is 495. The summed E-state index contributed by atoms with van der Waals surface area (Å²) >= 11 is 0. The maximum atomic E-state index is 13.4. The number of nitrogens with zero attached hydrogens (tertiary/aromatic N) is 2. The molecule has 0 radical (unpaired) electrons. The molecule has 0 heterocycles. The van der Waals surface area contributed by atoms with Crippen LogP contribution in [-0.2, 0) is 0 Å². The van der Waals surface area contributed by atoms with Gasteiger partial charge in [-0.1, -0.05) is 0 Å². The Balaban J connectivity index is 2.82. The normalized spacial score (nSPS) is 8.71. The van der Waals surface area contributed by atoms with E-state index in [4.69, 9.17) is 15.3 Å². The lowest BCUT2D eigenvalue weighted by Crippen LogP contribution is -1.96. The van der Waals surface area contributed by atoms with E-state index in [2.05, 4.69) is 5.32 Å². The minimum absolute atomic E-state index is 0.0840. The van der Waals surface area contributed by atoms with Gasteiger partial charge in [-0.15, -0.1) is 0 Å². The van der Waals surface area contributed by atoms with E-state index in [-0.39, 0.29) is 11.3 Å². The Hall–Kier alpha value is -2.53. The van der Waals surface area contributed by atoms with Crippen molar-refractivity contribution >= 4 is 5.69 Å². The van der Waals surface area contributed by atoms with Crippen LogP contribution in [0.2, 0.25) is 0 Å². The molecular weight excluding hydrogens is 221 g/mol. The molecule has 86 valence electrons. The fourth-order valence-electron chi connectivity index (χ4n) is 1.11. The van der Waals surface area contributed by atoms with Crippen molar-refractivity contribution in [1.82, 2.24) is 0 Å². The Morgan fingerprint density at radius 1 is 1.47 bits per heavy atom. The maximum Gasteiger partial charge on any atom is 0.167 e. The van der Waals surface area contributed by atoms with Crippen molar-refractivity contribution in [2.75, 3.05) is 11.9 Å². The summed E-state index contributed by atoms with van der Waals surface area (Å²) in [5.41, 5.74) is 0.355. The molecular formula is C12H10FN3O. The molecule has 5 heteroatoms. The monoisotopic (exact) mass is 231 g/mol. The van der Waals surface area contributed by atoms with Gasteiger partial charge in [0.2, 0.25) is 0 Å². The van der Waals surface area contributed by atoms with Crippen LogP contribution in [0.1, 0.15) is 6.92 Å². The van der Waals surface area contributed by atoms with Crippen molar-refractivity contribution in [3.63, 3.8) is 0 Å². The van der Waals surface area contributed by atoms with Gasteiger partial charge in [-0.05, 0) is 19.1 Å². The van der Waals surface area contributed by atoms with Crippen molar-refractivity contribution in [2.45, 2.75) is 6.92 Å². The topological polar surface area (TPSA) is 68.8 Å². The van der Waals surface area contributed by atoms with E-state index < -0.39 is 5.82 Å². The van der Waals surface area contributed by atoms with Crippen LogP contribution in [0, 0.1) is 28.5 Å². The third-order valence-corrected chi connectivity index (χ3v) is 1.86. The zero-order valence-electron chi connectivity index (χ0n) is 9.20. The van der Waals surface area contributed by atoms with Crippen molar-refractivity contribution in [3.05, 3.63) is 35.8 Å². The SMILES string of the molecule is CCOc1ccc(NC=C(C#N)C#N)cc1F. The van der Waals surface area contributed by atoms with E-state index in [0.717, 1.165) is 0 Å². The molecule has 0 bridgehead atoms. The zero-order valence-corrected chi connectivity index (χ0v) is 9.20. The highest BCUT2D eigenvalue weighted by molar-refractivity contribution is 5.51. The number of rotatable bonds is 4. The molecule has 0 aliphatic heterocycles. The standard InChI is InChI=1S/C12H10FN3O/c1-2-17-12-4-3-10(5-11(12)13)16-8-9(6-14)7-15/h3-5,8,16H,2H2,1H3. The average molecular weight is 231 g/mol. The van der Waals surface area contributed by atoms with Gasteiger partial charge in [0.15, 0.2) is 11.6 Å². The van der Waals surface area contributed by atoms with Crippen LogP contribution in [-0.4, -0.2) is 6.61 Å². The fourth-order valence-corrected chi connectivity index (χ4v) is 1.11. The highest BCUT2D eigenvalue weighted by Gasteiger charge is 2.03. The molecule has 0 saturated carbocycles. The van der Waals surface area contributed by atoms with Crippen LogP contribution >= 0.6 is 0 Å². The van der Waals surface area contributed by atoms with Gasteiger partial charge in [0.25, 0.3) is 0 Å². The number of hydrogen-bond acceptors (Lipinski definition) is 4. The number of ether oxygens (including phenoxy) is 1. The molecule has 1 N–H and O–H groups in total. The van der Waals surface area contributed by atoms with Crippen molar-refractivity contribution in [1.29, 1.82) is 10.5 Å². The molecule has 0 amide bonds. The fraction of sp³-hybridized carbons (Fsp3) is 0.167. The Morgan fingerprint density at radius 2 is 2.18 bits per heavy atom. The summed E-state index contributed by atoms with van der Waals surface area (Å²) in [6, 6.07) is 7.68. The van der Waals surface area contributed by atoms with Gasteiger partial charge in [-0.25, -0.2) is 4.39 Å². The minimum atomic E-state index is -0.499. The number of benzene rings is 1. The molecule has 0 unspecified atom stereocenters. The third kappa shape index (κ3) is 3.51. The quantitative estimate of drug-likeness (QED) is 0.808. The first-order chi connectivity index (χ1) is 8.21. The Morgan fingerprint density at radius 3 is 2.71 bits per heavy atom. The highest BCUT2D eigenvalue weighted by Crippen LogP contribution is 2.21. The third-order valence-electron chi connectivity index (χ3n) is 1.86. The predicted octanol–water partition coefficient (Wildman–Crippen LogP) is 2.57.